The number of hydrogen-bond acceptors (Lipinski definition) is 12. The van der Waals surface area contributed by atoms with Crippen molar-refractivity contribution in [2.45, 2.75) is 51.1 Å². The molecule has 4 N–H and O–H groups in total. The van der Waals surface area contributed by atoms with Crippen LogP contribution in [0.5, 0.6) is 11.5 Å². The predicted octanol–water partition coefficient (Wildman–Crippen LogP) is 11.7. The van der Waals surface area contributed by atoms with Gasteiger partial charge in [-0.25, -0.2) is 0 Å². The second kappa shape index (κ2) is 25.3. The summed E-state index contributed by atoms with van der Waals surface area (Å²) in [5.74, 6) is -2.28. The van der Waals surface area contributed by atoms with Crippen LogP contribution in [-0.2, 0) is 32.0 Å². The molecule has 0 aromatic heterocycles. The first kappa shape index (κ1) is 53.5. The number of rotatable bonds is 21. The highest BCUT2D eigenvalue weighted by molar-refractivity contribution is 6.32. The molecule has 0 saturated carbocycles. The molecule has 4 amide bonds. The average molecular weight is 1040 g/mol. The molecule has 5 aromatic rings. The van der Waals surface area contributed by atoms with Gasteiger partial charge < -0.3 is 30.7 Å². The quantitative estimate of drug-likeness (QED) is 0.0314. The number of methoxy groups -OCH3 is 2. The Labute approximate surface area is 422 Å². The highest BCUT2D eigenvalue weighted by atomic mass is 35.5. The van der Waals surface area contributed by atoms with Crippen molar-refractivity contribution in [3.8, 4) is 11.5 Å². The van der Waals surface area contributed by atoms with Gasteiger partial charge in [-0.05, 0) is 129 Å². The van der Waals surface area contributed by atoms with E-state index in [1.54, 1.807) is 31.2 Å². The number of benzene rings is 5. The Morgan fingerprint density at radius 1 is 0.565 bits per heavy atom. The second-order valence-electron chi connectivity index (χ2n) is 15.2. The third kappa shape index (κ3) is 15.5. The van der Waals surface area contributed by atoms with Crippen LogP contribution < -0.4 is 30.7 Å². The first-order valence-electron chi connectivity index (χ1n) is 20.8. The number of Topliss-reactive ketones (excluding diaryl/α,β-unsaturated/α-hetero) is 2. The maximum atomic E-state index is 13.6. The summed E-state index contributed by atoms with van der Waals surface area (Å²) < 4.78 is 10.7. The summed E-state index contributed by atoms with van der Waals surface area (Å²) in [5, 5.41) is 26.5. The molecule has 0 spiro atoms. The highest BCUT2D eigenvalue weighted by Gasteiger charge is 2.27. The van der Waals surface area contributed by atoms with Crippen molar-refractivity contribution in [3.63, 3.8) is 0 Å². The van der Waals surface area contributed by atoms with Gasteiger partial charge in [-0.2, -0.15) is 20.5 Å². The van der Waals surface area contributed by atoms with E-state index in [2.05, 4.69) is 41.7 Å². The van der Waals surface area contributed by atoms with Gasteiger partial charge in [0.2, 0.25) is 12.1 Å². The lowest BCUT2D eigenvalue weighted by Crippen LogP contribution is -2.32. The zero-order chi connectivity index (χ0) is 50.4. The van der Waals surface area contributed by atoms with Gasteiger partial charge >= 0.3 is 0 Å². The molecule has 360 valence electrons. The van der Waals surface area contributed by atoms with E-state index in [9.17, 15) is 28.8 Å². The molecule has 0 fully saturated rings. The van der Waals surface area contributed by atoms with E-state index in [1.807, 2.05) is 12.1 Å². The fourth-order valence-corrected chi connectivity index (χ4v) is 7.60. The van der Waals surface area contributed by atoms with E-state index >= 15 is 0 Å². The molecule has 21 heteroatoms. The van der Waals surface area contributed by atoms with Crippen molar-refractivity contribution >= 4 is 127 Å². The molecule has 69 heavy (non-hydrogen) atoms. The Morgan fingerprint density at radius 3 is 1.42 bits per heavy atom. The lowest BCUT2D eigenvalue weighted by Gasteiger charge is -2.17. The molecule has 5 rings (SSSR count). The summed E-state index contributed by atoms with van der Waals surface area (Å²) in [6.07, 6.45) is 1.10. The molecule has 0 aliphatic heterocycles. The molecule has 3 atom stereocenters. The third-order valence-corrected chi connectivity index (χ3v) is 10.9. The Morgan fingerprint density at radius 2 is 1.01 bits per heavy atom. The van der Waals surface area contributed by atoms with Crippen LogP contribution in [0.1, 0.15) is 63.6 Å². The molecule has 0 bridgehead atoms. The SMILES string of the molecule is COc1cc(CCCl)cc(NC(=O)c2cc(Cl)cc(N=NC(C(C)=O)C(=O)Nc3ccc(NC(=O)C(N=Nc4cc(Cl)cc(C(=O)Nc5cc(CCCl)cc(OC)c5)c4)C(C)=O)c(C(C)Cl)c3)c2)c1. The van der Waals surface area contributed by atoms with Crippen LogP contribution in [0, 0.1) is 0 Å². The molecule has 0 heterocycles. The number of amides is 4. The lowest BCUT2D eigenvalue weighted by atomic mass is 10.1. The van der Waals surface area contributed by atoms with E-state index < -0.39 is 52.7 Å². The van der Waals surface area contributed by atoms with E-state index in [-0.39, 0.29) is 43.9 Å². The number of halogens is 5. The number of hydrogen-bond donors (Lipinski definition) is 4. The second-order valence-corrected chi connectivity index (χ2v) is 17.5. The molecular weight excluding hydrogens is 994 g/mol. The van der Waals surface area contributed by atoms with Gasteiger partial charge in [0, 0.05) is 67.8 Å². The number of alkyl halides is 3. The normalized spacial score (nSPS) is 12.5. The molecule has 16 nitrogen and oxygen atoms in total. The Hall–Kier alpha value is -6.43. The van der Waals surface area contributed by atoms with Crippen LogP contribution in [0.25, 0.3) is 0 Å². The molecular formula is C48H45Cl5N8O8. The molecule has 0 aliphatic carbocycles. The van der Waals surface area contributed by atoms with E-state index in [0.29, 0.717) is 53.0 Å². The first-order chi connectivity index (χ1) is 32.9. The van der Waals surface area contributed by atoms with Crippen LogP contribution >= 0.6 is 58.0 Å². The minimum absolute atomic E-state index is 0.0846. The molecule has 0 radical (unpaired) electrons. The van der Waals surface area contributed by atoms with Crippen molar-refractivity contribution in [1.29, 1.82) is 0 Å². The van der Waals surface area contributed by atoms with E-state index in [0.717, 1.165) is 25.0 Å². The predicted molar refractivity (Wildman–Crippen MR) is 270 cm³/mol. The van der Waals surface area contributed by atoms with Gasteiger partial charge in [0.1, 0.15) is 11.5 Å². The number of anilines is 4. The number of ketones is 2. The lowest BCUT2D eigenvalue weighted by molar-refractivity contribution is -0.127. The molecule has 0 aliphatic rings. The summed E-state index contributed by atoms with van der Waals surface area (Å²) in [6.45, 7) is 3.93. The highest BCUT2D eigenvalue weighted by Crippen LogP contribution is 2.32. The van der Waals surface area contributed by atoms with Crippen LogP contribution in [0.15, 0.2) is 111 Å². The summed E-state index contributed by atoms with van der Waals surface area (Å²) in [5.41, 5.74) is 3.71. The standard InChI is InChI=1S/C48H45Cl5N8O8/c1-25(51)41-24-34(54-47(66)43(26(2)62)60-58-37-18-30(16-32(52)20-37)45(64)55-35-12-28(8-10-49)14-39(22-35)68-4)6-7-42(41)57-48(67)44(27(3)63)61-59-38-19-31(17-33(53)21-38)46(65)56-36-13-29(9-11-50)15-40(23-36)69-5/h6-7,12-25,43-44H,8-11H2,1-5H3,(H,54,66)(H,55,64)(H,56,65)(H,57,67). The monoisotopic (exact) mass is 1040 g/mol. The van der Waals surface area contributed by atoms with Crippen LogP contribution in [-0.4, -0.2) is 73.3 Å². The maximum absolute atomic E-state index is 13.6. The van der Waals surface area contributed by atoms with E-state index in [4.69, 9.17) is 67.5 Å². The number of nitrogens with zero attached hydrogens (tertiary/aromatic N) is 4. The number of carbonyl (C=O) groups is 6. The summed E-state index contributed by atoms with van der Waals surface area (Å²) >= 11 is 31.0. The minimum atomic E-state index is -1.63. The Bertz CT molecular complexity index is 2820. The van der Waals surface area contributed by atoms with Crippen molar-refractivity contribution in [2.24, 2.45) is 20.5 Å². The molecule has 3 unspecified atom stereocenters. The summed E-state index contributed by atoms with van der Waals surface area (Å²) in [4.78, 5) is 79.0. The minimum Gasteiger partial charge on any atom is -0.497 e. The largest absolute Gasteiger partial charge is 0.497 e. The Kier molecular flexibility index (Phi) is 19.6. The average Bonchev–Trinajstić information content (AvgIpc) is 3.29. The zero-order valence-corrected chi connectivity index (χ0v) is 41.4. The van der Waals surface area contributed by atoms with Crippen molar-refractivity contribution in [3.05, 3.63) is 129 Å². The van der Waals surface area contributed by atoms with Gasteiger partial charge in [0.05, 0.1) is 31.0 Å². The van der Waals surface area contributed by atoms with Gasteiger partial charge in [-0.15, -0.1) is 34.8 Å². The number of nitrogens with one attached hydrogen (secondary N) is 4. The topological polar surface area (TPSA) is 218 Å². The van der Waals surface area contributed by atoms with Crippen molar-refractivity contribution in [2.75, 3.05) is 47.2 Å². The number of ether oxygens (including phenoxy) is 2. The van der Waals surface area contributed by atoms with Gasteiger partial charge in [-0.3, -0.25) is 28.8 Å². The third-order valence-electron chi connectivity index (χ3n) is 9.83. The fourth-order valence-electron chi connectivity index (χ4n) is 6.52. The summed E-state index contributed by atoms with van der Waals surface area (Å²) in [7, 11) is 3.01. The van der Waals surface area contributed by atoms with Crippen molar-refractivity contribution in [1.82, 2.24) is 0 Å². The number of azo groups is 2. The van der Waals surface area contributed by atoms with Gasteiger partial charge in [0.15, 0.2) is 11.6 Å². The summed E-state index contributed by atoms with van der Waals surface area (Å²) in [6, 6.07) is 19.9. The molecule has 0 saturated heterocycles. The Balaban J connectivity index is 1.28. The van der Waals surface area contributed by atoms with Gasteiger partial charge in [-0.1, -0.05) is 23.2 Å². The van der Waals surface area contributed by atoms with E-state index in [1.165, 1.54) is 68.8 Å². The number of carbonyl (C=O) groups excluding carboxylic acids is 6. The smallest absolute Gasteiger partial charge is 0.258 e. The van der Waals surface area contributed by atoms with Crippen LogP contribution in [0.2, 0.25) is 10.0 Å². The molecule has 5 aromatic carbocycles. The number of aryl methyl sites for hydroxylation is 2. The van der Waals surface area contributed by atoms with Crippen LogP contribution in [0.3, 0.4) is 0 Å². The maximum Gasteiger partial charge on any atom is 0.258 e. The van der Waals surface area contributed by atoms with Crippen molar-refractivity contribution < 1.29 is 38.2 Å². The van der Waals surface area contributed by atoms with Crippen LogP contribution in [0.4, 0.5) is 34.1 Å². The van der Waals surface area contributed by atoms with Gasteiger partial charge in [0.25, 0.3) is 23.6 Å². The fraction of sp³-hybridized carbons (Fsp3) is 0.250. The zero-order valence-electron chi connectivity index (χ0n) is 37.7. The first-order valence-corrected chi connectivity index (χ1v) is 23.1.